The van der Waals surface area contributed by atoms with Gasteiger partial charge >= 0.3 is 6.03 Å². The topological polar surface area (TPSA) is 171 Å². The molecule has 1 aliphatic heterocycles. The maximum Gasteiger partial charge on any atom is 0.315 e. The van der Waals surface area contributed by atoms with Gasteiger partial charge in [0.05, 0.1) is 22.1 Å². The predicted molar refractivity (Wildman–Crippen MR) is 200 cm³/mol. The zero-order valence-electron chi connectivity index (χ0n) is 32.3. The Labute approximate surface area is 310 Å². The molecule has 0 bridgehead atoms. The zero-order valence-corrected chi connectivity index (χ0v) is 33.1. The Morgan fingerprint density at radius 2 is 1.54 bits per heavy atom. The number of carbonyl (C=O) groups is 5. The molecule has 0 radical (unpaired) electrons. The van der Waals surface area contributed by atoms with E-state index in [1.807, 2.05) is 20.8 Å². The van der Waals surface area contributed by atoms with Crippen molar-refractivity contribution in [2.24, 2.45) is 28.6 Å². The SMILES string of the molecule is C=CCNC(=O)C(=O)C(CC1CCC1)NC(=O)[C@@H]1[C@H]2CCC3(CC3)[C@H]2CN1C(=O)[C@@H](NC(=O)NC1(CS(=O)(=O)C(C)(C)C)CCCCC1)C(C)(C)C. The summed E-state index contributed by atoms with van der Waals surface area (Å²) >= 11 is 0. The van der Waals surface area contributed by atoms with Crippen molar-refractivity contribution in [3.8, 4) is 0 Å². The van der Waals surface area contributed by atoms with Gasteiger partial charge in [-0.1, -0.05) is 65.4 Å². The second kappa shape index (κ2) is 15.1. The van der Waals surface area contributed by atoms with Crippen LogP contribution >= 0.6 is 0 Å². The van der Waals surface area contributed by atoms with Crippen molar-refractivity contribution in [3.05, 3.63) is 12.7 Å². The van der Waals surface area contributed by atoms with Crippen LogP contribution in [0, 0.1) is 28.6 Å². The fraction of sp³-hybridized carbons (Fsp3) is 0.821. The number of amides is 5. The minimum Gasteiger partial charge on any atom is -0.346 e. The van der Waals surface area contributed by atoms with Crippen LogP contribution in [-0.4, -0.2) is 90.1 Å². The van der Waals surface area contributed by atoms with Crippen molar-refractivity contribution < 1.29 is 32.4 Å². The van der Waals surface area contributed by atoms with Crippen molar-refractivity contribution in [2.45, 2.75) is 153 Å². The van der Waals surface area contributed by atoms with E-state index in [0.717, 1.165) is 64.2 Å². The molecule has 0 aromatic carbocycles. The van der Waals surface area contributed by atoms with Gasteiger partial charge in [0.2, 0.25) is 17.6 Å². The first-order chi connectivity index (χ1) is 24.2. The molecule has 13 heteroatoms. The highest BCUT2D eigenvalue weighted by molar-refractivity contribution is 7.92. The van der Waals surface area contributed by atoms with Crippen LogP contribution in [0.4, 0.5) is 4.79 Å². The summed E-state index contributed by atoms with van der Waals surface area (Å²) in [6, 6.07) is -3.47. The minimum absolute atomic E-state index is 0.0944. The van der Waals surface area contributed by atoms with Gasteiger partial charge in [0, 0.05) is 13.1 Å². The second-order valence-corrected chi connectivity index (χ2v) is 21.4. The highest BCUT2D eigenvalue weighted by atomic mass is 32.2. The smallest absolute Gasteiger partial charge is 0.315 e. The number of sulfone groups is 1. The van der Waals surface area contributed by atoms with E-state index in [0.29, 0.717) is 25.8 Å². The number of hydrogen-bond acceptors (Lipinski definition) is 7. The molecular weight excluding hydrogens is 683 g/mol. The number of carbonyl (C=O) groups excluding carboxylic acids is 5. The summed E-state index contributed by atoms with van der Waals surface area (Å²) in [4.78, 5) is 70.9. The van der Waals surface area contributed by atoms with Crippen LogP contribution in [0.3, 0.4) is 0 Å². The van der Waals surface area contributed by atoms with E-state index in [2.05, 4.69) is 27.8 Å². The average Bonchev–Trinajstić information content (AvgIpc) is 3.60. The molecule has 0 aromatic heterocycles. The summed E-state index contributed by atoms with van der Waals surface area (Å²) in [6.45, 7) is 14.7. The molecule has 1 heterocycles. The Bertz CT molecular complexity index is 1520. The maximum atomic E-state index is 14.8. The molecular formula is C39H63N5O7S. The van der Waals surface area contributed by atoms with Gasteiger partial charge in [-0.15, -0.1) is 6.58 Å². The van der Waals surface area contributed by atoms with Gasteiger partial charge in [0.1, 0.15) is 12.1 Å². The molecule has 292 valence electrons. The van der Waals surface area contributed by atoms with Crippen molar-refractivity contribution in [3.63, 3.8) is 0 Å². The molecule has 5 aliphatic rings. The summed E-state index contributed by atoms with van der Waals surface area (Å²) in [6.07, 6.45) is 12.2. The molecule has 5 amide bonds. The fourth-order valence-electron chi connectivity index (χ4n) is 9.20. The number of nitrogens with zero attached hydrogens (tertiary/aromatic N) is 1. The van der Waals surface area contributed by atoms with E-state index >= 15 is 0 Å². The van der Waals surface area contributed by atoms with Crippen LogP contribution in [0.2, 0.25) is 0 Å². The molecule has 12 nitrogen and oxygen atoms in total. The lowest BCUT2D eigenvalue weighted by molar-refractivity contribution is -0.144. The Hall–Kier alpha value is -2.96. The number of nitrogens with one attached hydrogen (secondary N) is 4. The highest BCUT2D eigenvalue weighted by Gasteiger charge is 2.64. The predicted octanol–water partition coefficient (Wildman–Crippen LogP) is 4.18. The summed E-state index contributed by atoms with van der Waals surface area (Å²) in [5, 5.41) is 11.5. The van der Waals surface area contributed by atoms with Crippen molar-refractivity contribution >= 4 is 39.4 Å². The molecule has 5 fully saturated rings. The third-order valence-corrected chi connectivity index (χ3v) is 15.7. The first kappa shape index (κ1) is 40.2. The standard InChI is InChI=1S/C39H63N5O7S/c1-8-21-40-33(47)30(45)28(22-25-13-12-14-25)41-32(46)29-26-15-18-38(19-20-38)27(26)23-44(29)34(48)31(36(2,3)4)42-35(49)43-39(16-10-9-11-17-39)24-52(50,51)37(5,6)7/h8,25-29,31H,1,9-24H2,2-7H3,(H,40,47)(H,41,46)(H2,42,43,49)/t26-,27-,28?,29-,31+/m0/s1. The number of ketones is 1. The molecule has 1 unspecified atom stereocenters. The summed E-state index contributed by atoms with van der Waals surface area (Å²) in [5.41, 5.74) is -1.60. The second-order valence-electron chi connectivity index (χ2n) is 18.7. The molecule has 1 spiro atoms. The maximum absolute atomic E-state index is 14.8. The summed E-state index contributed by atoms with van der Waals surface area (Å²) in [5.74, 6) is -2.19. The van der Waals surface area contributed by atoms with Gasteiger partial charge in [-0.25, -0.2) is 13.2 Å². The normalized spacial score (nSPS) is 26.3. The van der Waals surface area contributed by atoms with Crippen LogP contribution in [-0.2, 0) is 29.0 Å². The molecule has 52 heavy (non-hydrogen) atoms. The summed E-state index contributed by atoms with van der Waals surface area (Å²) < 4.78 is 25.8. The van der Waals surface area contributed by atoms with Crippen molar-refractivity contribution in [1.82, 2.24) is 26.2 Å². The third kappa shape index (κ3) is 8.54. The van der Waals surface area contributed by atoms with Crippen LogP contribution in [0.25, 0.3) is 0 Å². The number of fused-ring (bicyclic) bond motifs is 2. The largest absolute Gasteiger partial charge is 0.346 e. The first-order valence-electron chi connectivity index (χ1n) is 19.6. The number of urea groups is 1. The van der Waals surface area contributed by atoms with Crippen LogP contribution in [0.1, 0.15) is 125 Å². The Morgan fingerprint density at radius 3 is 2.08 bits per heavy atom. The zero-order chi connectivity index (χ0) is 38.3. The molecule has 5 atom stereocenters. The molecule has 4 aliphatic carbocycles. The van der Waals surface area contributed by atoms with Gasteiger partial charge in [-0.05, 0) is 94.3 Å². The molecule has 5 rings (SSSR count). The molecule has 1 saturated heterocycles. The number of rotatable bonds is 13. The van der Waals surface area contributed by atoms with Gasteiger partial charge in [-0.3, -0.25) is 19.2 Å². The molecule has 4 saturated carbocycles. The fourth-order valence-corrected chi connectivity index (χ4v) is 10.7. The number of hydrogen-bond donors (Lipinski definition) is 4. The van der Waals surface area contributed by atoms with E-state index in [4.69, 9.17) is 0 Å². The Morgan fingerprint density at radius 1 is 0.885 bits per heavy atom. The Kier molecular flexibility index (Phi) is 11.6. The van der Waals surface area contributed by atoms with Gasteiger partial charge < -0.3 is 26.2 Å². The quantitative estimate of drug-likeness (QED) is 0.162. The van der Waals surface area contributed by atoms with E-state index in [9.17, 15) is 32.4 Å². The third-order valence-electron chi connectivity index (χ3n) is 12.9. The number of likely N-dealkylation sites (tertiary alicyclic amines) is 1. The van der Waals surface area contributed by atoms with Crippen molar-refractivity contribution in [2.75, 3.05) is 18.8 Å². The van der Waals surface area contributed by atoms with E-state index in [-0.39, 0.29) is 41.4 Å². The van der Waals surface area contributed by atoms with Gasteiger partial charge in [0.15, 0.2) is 9.84 Å². The average molecular weight is 746 g/mol. The first-order valence-corrected chi connectivity index (χ1v) is 21.2. The van der Waals surface area contributed by atoms with E-state index in [1.54, 1.807) is 25.7 Å². The summed E-state index contributed by atoms with van der Waals surface area (Å²) in [7, 11) is -3.57. The van der Waals surface area contributed by atoms with E-state index < -0.39 is 67.3 Å². The monoisotopic (exact) mass is 745 g/mol. The van der Waals surface area contributed by atoms with Crippen molar-refractivity contribution in [1.29, 1.82) is 0 Å². The lowest BCUT2D eigenvalue weighted by Crippen LogP contribution is -2.64. The highest BCUT2D eigenvalue weighted by Crippen LogP contribution is 2.66. The molecule has 0 aromatic rings. The number of Topliss-reactive ketones (excluding diaryl/α,β-unsaturated/α-hetero) is 1. The van der Waals surface area contributed by atoms with Crippen LogP contribution < -0.4 is 21.3 Å². The lowest BCUT2D eigenvalue weighted by Gasteiger charge is -2.41. The van der Waals surface area contributed by atoms with Gasteiger partial charge in [0.25, 0.3) is 5.91 Å². The van der Waals surface area contributed by atoms with Gasteiger partial charge in [-0.2, -0.15) is 0 Å². The minimum atomic E-state index is -3.57. The lowest BCUT2D eigenvalue weighted by atomic mass is 9.80. The molecule has 4 N–H and O–H groups in total. The van der Waals surface area contributed by atoms with E-state index in [1.165, 1.54) is 6.08 Å². The van der Waals surface area contributed by atoms with Crippen LogP contribution in [0.5, 0.6) is 0 Å². The van der Waals surface area contributed by atoms with Crippen LogP contribution in [0.15, 0.2) is 12.7 Å². The Balaban J connectivity index is 1.38.